The predicted octanol–water partition coefficient (Wildman–Crippen LogP) is 3.67. The van der Waals surface area contributed by atoms with Gasteiger partial charge in [-0.05, 0) is 47.9 Å². The van der Waals surface area contributed by atoms with Crippen molar-refractivity contribution in [1.82, 2.24) is 10.6 Å². The van der Waals surface area contributed by atoms with Gasteiger partial charge in [-0.3, -0.25) is 9.59 Å². The van der Waals surface area contributed by atoms with Crippen LogP contribution in [0.15, 0.2) is 48.5 Å². The lowest BCUT2D eigenvalue weighted by Crippen LogP contribution is -2.46. The number of aliphatic carboxylic acids is 1. The van der Waals surface area contributed by atoms with E-state index in [-0.39, 0.29) is 36.8 Å². The van der Waals surface area contributed by atoms with Crippen LogP contribution in [0.2, 0.25) is 0 Å². The number of hydrogen-bond donors (Lipinski definition) is 3. The first-order valence-corrected chi connectivity index (χ1v) is 11.0. The molecule has 2 aliphatic carbocycles. The number of carboxylic acid groups (broad SMARTS) is 1. The van der Waals surface area contributed by atoms with Crippen LogP contribution in [0.1, 0.15) is 49.7 Å². The van der Waals surface area contributed by atoms with E-state index < -0.39 is 18.1 Å². The summed E-state index contributed by atoms with van der Waals surface area (Å²) in [7, 11) is 0. The monoisotopic (exact) mass is 436 g/mol. The van der Waals surface area contributed by atoms with Crippen molar-refractivity contribution in [2.24, 2.45) is 5.92 Å². The minimum atomic E-state index is -0.936. The Bertz CT molecular complexity index is 969. The van der Waals surface area contributed by atoms with Gasteiger partial charge < -0.3 is 20.5 Å². The van der Waals surface area contributed by atoms with Crippen molar-refractivity contribution in [3.05, 3.63) is 59.7 Å². The van der Waals surface area contributed by atoms with E-state index in [1.807, 2.05) is 24.3 Å². The first-order chi connectivity index (χ1) is 15.4. The molecule has 0 saturated heterocycles. The molecule has 2 aliphatic rings. The Kier molecular flexibility index (Phi) is 6.44. The van der Waals surface area contributed by atoms with Crippen molar-refractivity contribution < 1.29 is 24.2 Å². The molecule has 1 fully saturated rings. The van der Waals surface area contributed by atoms with Gasteiger partial charge in [-0.15, -0.1) is 0 Å². The number of carbonyl (C=O) groups excluding carboxylic acids is 2. The van der Waals surface area contributed by atoms with Crippen LogP contribution in [0, 0.1) is 5.92 Å². The predicted molar refractivity (Wildman–Crippen MR) is 119 cm³/mol. The van der Waals surface area contributed by atoms with E-state index in [1.54, 1.807) is 6.92 Å². The molecule has 32 heavy (non-hydrogen) atoms. The lowest BCUT2D eigenvalue weighted by Gasteiger charge is -2.35. The van der Waals surface area contributed by atoms with Gasteiger partial charge in [-0.2, -0.15) is 0 Å². The summed E-state index contributed by atoms with van der Waals surface area (Å²) in [5.74, 6) is -0.873. The van der Waals surface area contributed by atoms with Crippen LogP contribution in [0.4, 0.5) is 4.79 Å². The molecule has 168 valence electrons. The zero-order valence-electron chi connectivity index (χ0n) is 18.0. The fourth-order valence-corrected chi connectivity index (χ4v) is 4.74. The number of carbonyl (C=O) groups is 3. The fourth-order valence-electron chi connectivity index (χ4n) is 4.74. The van der Waals surface area contributed by atoms with E-state index in [1.165, 1.54) is 22.3 Å². The highest BCUT2D eigenvalue weighted by Crippen LogP contribution is 2.44. The van der Waals surface area contributed by atoms with Crippen LogP contribution in [0.3, 0.4) is 0 Å². The summed E-state index contributed by atoms with van der Waals surface area (Å²) in [5.41, 5.74) is 4.73. The van der Waals surface area contributed by atoms with Gasteiger partial charge in [0.25, 0.3) is 0 Å². The van der Waals surface area contributed by atoms with Gasteiger partial charge in [0.1, 0.15) is 6.61 Å². The average molecular weight is 437 g/mol. The summed E-state index contributed by atoms with van der Waals surface area (Å²) in [5, 5.41) is 14.4. The van der Waals surface area contributed by atoms with Crippen molar-refractivity contribution in [1.29, 1.82) is 0 Å². The van der Waals surface area contributed by atoms with E-state index in [2.05, 4.69) is 34.9 Å². The fraction of sp³-hybridized carbons (Fsp3) is 0.400. The van der Waals surface area contributed by atoms with Gasteiger partial charge in [0.15, 0.2) is 0 Å². The highest BCUT2D eigenvalue weighted by molar-refractivity contribution is 5.79. The van der Waals surface area contributed by atoms with Crippen molar-refractivity contribution in [2.75, 3.05) is 6.61 Å². The number of nitrogens with one attached hydrogen (secondary N) is 2. The largest absolute Gasteiger partial charge is 0.481 e. The maximum Gasteiger partial charge on any atom is 0.407 e. The maximum absolute atomic E-state index is 12.3. The Balaban J connectivity index is 1.21. The van der Waals surface area contributed by atoms with Gasteiger partial charge in [-0.1, -0.05) is 48.5 Å². The zero-order valence-corrected chi connectivity index (χ0v) is 18.0. The van der Waals surface area contributed by atoms with Crippen LogP contribution < -0.4 is 10.6 Å². The Labute approximate surface area is 187 Å². The molecule has 0 unspecified atom stereocenters. The molecule has 4 rings (SSSR count). The molecule has 2 amide bonds. The topological polar surface area (TPSA) is 105 Å². The number of fused-ring (bicyclic) bond motifs is 3. The highest BCUT2D eigenvalue weighted by Gasteiger charge is 2.33. The Morgan fingerprint density at radius 3 is 2.22 bits per heavy atom. The smallest absolute Gasteiger partial charge is 0.407 e. The summed E-state index contributed by atoms with van der Waals surface area (Å²) in [4.78, 5) is 35.0. The molecule has 2 aromatic rings. The third kappa shape index (κ3) is 4.93. The first kappa shape index (κ1) is 21.9. The average Bonchev–Trinajstić information content (AvgIpc) is 3.04. The van der Waals surface area contributed by atoms with E-state index in [9.17, 15) is 14.4 Å². The summed E-state index contributed by atoms with van der Waals surface area (Å²) in [6.45, 7) is 1.95. The summed E-state index contributed by atoms with van der Waals surface area (Å²) < 4.78 is 5.57. The molecule has 0 heterocycles. The maximum atomic E-state index is 12.3. The van der Waals surface area contributed by atoms with Gasteiger partial charge in [0, 0.05) is 24.4 Å². The molecule has 1 atom stereocenters. The molecular weight excluding hydrogens is 408 g/mol. The number of carboxylic acids is 1. The van der Waals surface area contributed by atoms with E-state index in [4.69, 9.17) is 9.84 Å². The number of hydrogen-bond acceptors (Lipinski definition) is 4. The quantitative estimate of drug-likeness (QED) is 0.586. The zero-order chi connectivity index (χ0) is 22.7. The summed E-state index contributed by atoms with van der Waals surface area (Å²) >= 11 is 0. The first-order valence-electron chi connectivity index (χ1n) is 11.0. The van der Waals surface area contributed by atoms with Gasteiger partial charge in [-0.25, -0.2) is 4.79 Å². The van der Waals surface area contributed by atoms with E-state index in [0.29, 0.717) is 19.3 Å². The minimum absolute atomic E-state index is 0.0000985. The molecule has 7 heteroatoms. The number of benzene rings is 2. The highest BCUT2D eigenvalue weighted by atomic mass is 16.5. The normalized spacial score (nSPS) is 19.8. The molecule has 7 nitrogen and oxygen atoms in total. The van der Waals surface area contributed by atoms with Gasteiger partial charge in [0.05, 0.1) is 6.42 Å². The summed E-state index contributed by atoms with van der Waals surface area (Å²) in [6.07, 6.45) is 1.24. The minimum Gasteiger partial charge on any atom is -0.481 e. The summed E-state index contributed by atoms with van der Waals surface area (Å²) in [6, 6.07) is 16.0. The van der Waals surface area contributed by atoms with E-state index >= 15 is 0 Å². The molecule has 0 spiro atoms. The van der Waals surface area contributed by atoms with Crippen LogP contribution >= 0.6 is 0 Å². The number of amides is 2. The second-order valence-electron chi connectivity index (χ2n) is 8.77. The Morgan fingerprint density at radius 1 is 1.03 bits per heavy atom. The van der Waals surface area contributed by atoms with Gasteiger partial charge >= 0.3 is 12.1 Å². The molecule has 0 radical (unpaired) electrons. The van der Waals surface area contributed by atoms with Crippen LogP contribution in [-0.2, 0) is 14.3 Å². The van der Waals surface area contributed by atoms with Crippen molar-refractivity contribution in [3.8, 4) is 11.1 Å². The molecule has 1 saturated carbocycles. The lowest BCUT2D eigenvalue weighted by molar-refractivity contribution is -0.137. The van der Waals surface area contributed by atoms with E-state index in [0.717, 1.165) is 0 Å². The second kappa shape index (κ2) is 9.42. The second-order valence-corrected chi connectivity index (χ2v) is 8.77. The Hall–Kier alpha value is -3.35. The van der Waals surface area contributed by atoms with Crippen LogP contribution in [0.5, 0.6) is 0 Å². The van der Waals surface area contributed by atoms with Crippen LogP contribution in [-0.4, -0.2) is 41.8 Å². The molecule has 0 aromatic heterocycles. The molecule has 3 N–H and O–H groups in total. The van der Waals surface area contributed by atoms with Crippen molar-refractivity contribution >= 4 is 18.0 Å². The third-order valence-corrected chi connectivity index (χ3v) is 6.26. The van der Waals surface area contributed by atoms with Gasteiger partial charge in [0.2, 0.25) is 5.91 Å². The van der Waals surface area contributed by atoms with Crippen LogP contribution in [0.25, 0.3) is 11.1 Å². The van der Waals surface area contributed by atoms with Crippen molar-refractivity contribution in [3.63, 3.8) is 0 Å². The molecule has 0 bridgehead atoms. The SMILES string of the molecule is C[C@H](CC(=O)O)NC(=O)CC1CC(NC(=O)OCC2c3ccccc3-c3ccccc32)C1. The molecular formula is C25H28N2O5. The van der Waals surface area contributed by atoms with Crippen molar-refractivity contribution in [2.45, 2.75) is 50.6 Å². The molecule has 2 aromatic carbocycles. The number of ether oxygens (including phenoxy) is 1. The lowest BCUT2D eigenvalue weighted by atomic mass is 9.78. The number of alkyl carbamates (subject to hydrolysis) is 1. The Morgan fingerprint density at radius 2 is 1.62 bits per heavy atom. The number of rotatable bonds is 8. The standard InChI is InChI=1S/C25H28N2O5/c1-15(10-24(29)30)26-23(28)13-16-11-17(12-16)27-25(31)32-14-22-20-8-4-2-6-18(20)19-7-3-5-9-21(19)22/h2-9,15-17,22H,10-14H2,1H3,(H,26,28)(H,27,31)(H,29,30)/t15-,16?,17?/m1/s1. The molecule has 0 aliphatic heterocycles. The third-order valence-electron chi connectivity index (χ3n) is 6.26.